The second kappa shape index (κ2) is 3.55. The predicted molar refractivity (Wildman–Crippen MR) is 50.1 cm³/mol. The number of hydrogen-bond donors (Lipinski definition) is 2. The molecule has 0 saturated heterocycles. The van der Waals surface area contributed by atoms with E-state index >= 15 is 0 Å². The molecule has 0 spiro atoms. The summed E-state index contributed by atoms with van der Waals surface area (Å²) in [6.45, 7) is 8.38. The van der Waals surface area contributed by atoms with Gasteiger partial charge < -0.3 is 11.5 Å². The number of nitrogens with two attached hydrogens (primary N) is 2. The van der Waals surface area contributed by atoms with Gasteiger partial charge in [-0.2, -0.15) is 0 Å². The molecule has 1 atom stereocenters. The van der Waals surface area contributed by atoms with Crippen LogP contribution in [0.1, 0.15) is 47.0 Å². The lowest BCUT2D eigenvalue weighted by molar-refractivity contribution is 0.140. The lowest BCUT2D eigenvalue weighted by Crippen LogP contribution is -2.58. The van der Waals surface area contributed by atoms with Crippen molar-refractivity contribution in [2.45, 2.75) is 52.6 Å². The highest BCUT2D eigenvalue weighted by atomic mass is 15.0. The summed E-state index contributed by atoms with van der Waals surface area (Å²) in [5.41, 5.74) is 11.3. The van der Waals surface area contributed by atoms with Gasteiger partial charge >= 0.3 is 0 Å². The summed E-state index contributed by atoms with van der Waals surface area (Å²) in [6.07, 6.45) is 3.30. The van der Waals surface area contributed by atoms with Crippen LogP contribution in [-0.4, -0.2) is 5.66 Å². The van der Waals surface area contributed by atoms with E-state index in [2.05, 4.69) is 20.8 Å². The van der Waals surface area contributed by atoms with Gasteiger partial charge in [-0.25, -0.2) is 0 Å². The summed E-state index contributed by atoms with van der Waals surface area (Å²) in [6, 6.07) is 0. The van der Waals surface area contributed by atoms with Crippen molar-refractivity contribution in [1.82, 2.24) is 0 Å². The Labute approximate surface area is 70.3 Å². The number of hydrogen-bond acceptors (Lipinski definition) is 2. The highest BCUT2D eigenvalue weighted by molar-refractivity contribution is 4.90. The van der Waals surface area contributed by atoms with Gasteiger partial charge in [0.15, 0.2) is 0 Å². The van der Waals surface area contributed by atoms with Crippen molar-refractivity contribution in [3.8, 4) is 0 Å². The van der Waals surface area contributed by atoms with E-state index in [1.54, 1.807) is 0 Å². The second-order valence-corrected chi connectivity index (χ2v) is 3.95. The summed E-state index contributed by atoms with van der Waals surface area (Å²) < 4.78 is 0. The Kier molecular flexibility index (Phi) is 3.52. The molecule has 0 rings (SSSR count). The van der Waals surface area contributed by atoms with Gasteiger partial charge in [0.25, 0.3) is 0 Å². The summed E-state index contributed by atoms with van der Waals surface area (Å²) in [4.78, 5) is 0. The van der Waals surface area contributed by atoms with Crippen molar-refractivity contribution in [3.05, 3.63) is 0 Å². The molecule has 4 N–H and O–H groups in total. The van der Waals surface area contributed by atoms with Gasteiger partial charge in [-0.1, -0.05) is 27.2 Å². The second-order valence-electron chi connectivity index (χ2n) is 3.95. The molecule has 68 valence electrons. The van der Waals surface area contributed by atoms with E-state index in [4.69, 9.17) is 11.5 Å². The van der Waals surface area contributed by atoms with Crippen LogP contribution < -0.4 is 11.5 Å². The lowest BCUT2D eigenvalue weighted by Gasteiger charge is -2.40. The Morgan fingerprint density at radius 2 is 1.55 bits per heavy atom. The minimum Gasteiger partial charge on any atom is -0.313 e. The molecule has 2 heteroatoms. The Bertz CT molecular complexity index is 115. The summed E-state index contributed by atoms with van der Waals surface area (Å²) >= 11 is 0. The Balaban J connectivity index is 4.33. The smallest absolute Gasteiger partial charge is 0.0662 e. The molecule has 0 aliphatic rings. The average Bonchev–Trinajstić information content (AvgIpc) is 1.86. The van der Waals surface area contributed by atoms with E-state index in [-0.39, 0.29) is 5.41 Å². The molecule has 0 radical (unpaired) electrons. The third kappa shape index (κ3) is 2.46. The quantitative estimate of drug-likeness (QED) is 0.613. The first-order valence-corrected chi connectivity index (χ1v) is 4.45. The molecule has 0 heterocycles. The standard InChI is InChI=1S/C9H22N2/c1-5-7-8(3,6-2)9(4,10)11/h5-7,10-11H2,1-4H3. The molecule has 0 aromatic rings. The zero-order chi connectivity index (χ0) is 9.12. The summed E-state index contributed by atoms with van der Waals surface area (Å²) in [7, 11) is 0. The topological polar surface area (TPSA) is 52.0 Å². The molecular weight excluding hydrogens is 136 g/mol. The van der Waals surface area contributed by atoms with E-state index in [1.165, 1.54) is 0 Å². The van der Waals surface area contributed by atoms with E-state index in [0.717, 1.165) is 19.3 Å². The fourth-order valence-electron chi connectivity index (χ4n) is 1.38. The molecule has 0 aromatic carbocycles. The maximum Gasteiger partial charge on any atom is 0.0662 e. The van der Waals surface area contributed by atoms with Gasteiger partial charge in [-0.15, -0.1) is 0 Å². The van der Waals surface area contributed by atoms with Crippen LogP contribution >= 0.6 is 0 Å². The van der Waals surface area contributed by atoms with Crippen molar-refractivity contribution in [1.29, 1.82) is 0 Å². The van der Waals surface area contributed by atoms with Gasteiger partial charge in [0.1, 0.15) is 0 Å². The first-order valence-electron chi connectivity index (χ1n) is 4.45. The fourth-order valence-corrected chi connectivity index (χ4v) is 1.38. The molecule has 0 amide bonds. The Morgan fingerprint density at radius 1 is 1.09 bits per heavy atom. The Morgan fingerprint density at radius 3 is 1.64 bits per heavy atom. The van der Waals surface area contributed by atoms with Crippen molar-refractivity contribution in [2.24, 2.45) is 16.9 Å². The van der Waals surface area contributed by atoms with E-state index < -0.39 is 5.66 Å². The van der Waals surface area contributed by atoms with Gasteiger partial charge in [0.2, 0.25) is 0 Å². The van der Waals surface area contributed by atoms with E-state index in [9.17, 15) is 0 Å². The van der Waals surface area contributed by atoms with Gasteiger partial charge in [-0.05, 0) is 25.2 Å². The van der Waals surface area contributed by atoms with Crippen molar-refractivity contribution < 1.29 is 0 Å². The molecule has 0 aliphatic heterocycles. The molecule has 0 aromatic heterocycles. The van der Waals surface area contributed by atoms with Crippen LogP contribution in [0.2, 0.25) is 0 Å². The molecule has 0 fully saturated rings. The molecule has 11 heavy (non-hydrogen) atoms. The maximum absolute atomic E-state index is 5.89. The SMILES string of the molecule is CCCC(C)(CC)C(C)(N)N. The first-order chi connectivity index (χ1) is 4.87. The van der Waals surface area contributed by atoms with Gasteiger partial charge in [-0.3, -0.25) is 0 Å². The molecule has 0 saturated carbocycles. The highest BCUT2D eigenvalue weighted by Crippen LogP contribution is 2.34. The number of rotatable bonds is 4. The minimum atomic E-state index is -0.544. The van der Waals surface area contributed by atoms with Crippen LogP contribution in [0.4, 0.5) is 0 Å². The molecular formula is C9H22N2. The predicted octanol–water partition coefficient (Wildman–Crippen LogP) is 1.84. The van der Waals surface area contributed by atoms with Crippen LogP contribution in [0.25, 0.3) is 0 Å². The Hall–Kier alpha value is -0.0800. The first kappa shape index (κ1) is 10.9. The van der Waals surface area contributed by atoms with Crippen LogP contribution in [-0.2, 0) is 0 Å². The van der Waals surface area contributed by atoms with Crippen molar-refractivity contribution in [2.75, 3.05) is 0 Å². The monoisotopic (exact) mass is 158 g/mol. The maximum atomic E-state index is 5.89. The van der Waals surface area contributed by atoms with Crippen molar-refractivity contribution >= 4 is 0 Å². The van der Waals surface area contributed by atoms with E-state index in [1.807, 2.05) is 6.92 Å². The average molecular weight is 158 g/mol. The summed E-state index contributed by atoms with van der Waals surface area (Å²) in [5.74, 6) is 0. The lowest BCUT2D eigenvalue weighted by atomic mass is 9.73. The van der Waals surface area contributed by atoms with Gasteiger partial charge in [0, 0.05) is 0 Å². The minimum absolute atomic E-state index is 0.0851. The third-order valence-electron chi connectivity index (χ3n) is 2.88. The normalized spacial score (nSPS) is 18.0. The highest BCUT2D eigenvalue weighted by Gasteiger charge is 2.35. The van der Waals surface area contributed by atoms with Crippen LogP contribution in [0.3, 0.4) is 0 Å². The van der Waals surface area contributed by atoms with Gasteiger partial charge in [0.05, 0.1) is 5.66 Å². The molecule has 1 unspecified atom stereocenters. The van der Waals surface area contributed by atoms with Crippen molar-refractivity contribution in [3.63, 3.8) is 0 Å². The van der Waals surface area contributed by atoms with Crippen LogP contribution in [0, 0.1) is 5.41 Å². The summed E-state index contributed by atoms with van der Waals surface area (Å²) in [5, 5.41) is 0. The van der Waals surface area contributed by atoms with Crippen LogP contribution in [0.5, 0.6) is 0 Å². The van der Waals surface area contributed by atoms with E-state index in [0.29, 0.717) is 0 Å². The fraction of sp³-hybridized carbons (Fsp3) is 1.00. The largest absolute Gasteiger partial charge is 0.313 e. The van der Waals surface area contributed by atoms with Crippen LogP contribution in [0.15, 0.2) is 0 Å². The molecule has 2 nitrogen and oxygen atoms in total. The third-order valence-corrected chi connectivity index (χ3v) is 2.88. The zero-order valence-electron chi connectivity index (χ0n) is 8.28. The zero-order valence-corrected chi connectivity index (χ0v) is 8.28. The molecule has 0 bridgehead atoms. The molecule has 0 aliphatic carbocycles.